The van der Waals surface area contributed by atoms with E-state index in [0.29, 0.717) is 41.8 Å². The van der Waals surface area contributed by atoms with Crippen LogP contribution in [-0.4, -0.2) is 50.2 Å². The minimum atomic E-state index is -0.279. The third-order valence-corrected chi connectivity index (χ3v) is 6.55. The van der Waals surface area contributed by atoms with Gasteiger partial charge in [0.25, 0.3) is 5.91 Å². The highest BCUT2D eigenvalue weighted by molar-refractivity contribution is 5.93. The summed E-state index contributed by atoms with van der Waals surface area (Å²) in [7, 11) is 1.61. The Morgan fingerprint density at radius 2 is 1.92 bits per heavy atom. The fourth-order valence-electron chi connectivity index (χ4n) is 4.65. The average Bonchev–Trinajstić information content (AvgIpc) is 3.35. The number of aromatic nitrogens is 5. The number of nitrogens with one attached hydrogen (secondary N) is 2. The van der Waals surface area contributed by atoms with E-state index in [9.17, 15) is 9.59 Å². The molecule has 0 unspecified atom stereocenters. The molecule has 1 fully saturated rings. The average molecular weight is 506 g/mol. The number of pyridine rings is 1. The Kier molecular flexibility index (Phi) is 8.47. The Balaban J connectivity index is 1.36. The molecule has 1 aliphatic carbocycles. The van der Waals surface area contributed by atoms with Crippen molar-refractivity contribution >= 4 is 11.8 Å². The second-order valence-corrected chi connectivity index (χ2v) is 9.97. The zero-order valence-electron chi connectivity index (χ0n) is 21.9. The highest BCUT2D eigenvalue weighted by atomic mass is 16.5. The Morgan fingerprint density at radius 1 is 1.14 bits per heavy atom. The van der Waals surface area contributed by atoms with Gasteiger partial charge in [-0.1, -0.05) is 12.1 Å². The molecule has 2 N–H and O–H groups in total. The molecule has 1 saturated carbocycles. The predicted molar refractivity (Wildman–Crippen MR) is 139 cm³/mol. The molecule has 196 valence electrons. The van der Waals surface area contributed by atoms with Gasteiger partial charge in [0.15, 0.2) is 0 Å². The number of aryl methyl sites for hydroxylation is 1. The van der Waals surface area contributed by atoms with E-state index in [1.54, 1.807) is 18.0 Å². The van der Waals surface area contributed by atoms with Gasteiger partial charge in [-0.15, -0.1) is 10.2 Å². The maximum absolute atomic E-state index is 12.8. The third kappa shape index (κ3) is 7.12. The Bertz CT molecular complexity index is 1230. The number of hydrogen-bond acceptors (Lipinski definition) is 7. The molecule has 10 heteroatoms. The van der Waals surface area contributed by atoms with Crippen molar-refractivity contribution in [2.75, 3.05) is 7.11 Å². The van der Waals surface area contributed by atoms with Crippen molar-refractivity contribution in [2.24, 2.45) is 11.8 Å². The van der Waals surface area contributed by atoms with Crippen molar-refractivity contribution in [1.29, 1.82) is 0 Å². The number of methoxy groups -OCH3 is 1. The topological polar surface area (TPSA) is 124 Å². The first-order valence-corrected chi connectivity index (χ1v) is 12.8. The summed E-state index contributed by atoms with van der Waals surface area (Å²) < 4.78 is 5.24. The van der Waals surface area contributed by atoms with Gasteiger partial charge in [0.05, 0.1) is 13.7 Å². The fourth-order valence-corrected chi connectivity index (χ4v) is 4.65. The van der Waals surface area contributed by atoms with E-state index >= 15 is 0 Å². The van der Waals surface area contributed by atoms with Crippen LogP contribution in [0.15, 0.2) is 36.4 Å². The van der Waals surface area contributed by atoms with Gasteiger partial charge in [-0.3, -0.25) is 9.59 Å². The second-order valence-electron chi connectivity index (χ2n) is 9.97. The summed E-state index contributed by atoms with van der Waals surface area (Å²) >= 11 is 0. The van der Waals surface area contributed by atoms with Crippen LogP contribution in [0.3, 0.4) is 0 Å². The molecule has 2 amide bonds. The van der Waals surface area contributed by atoms with E-state index in [4.69, 9.17) is 4.74 Å². The number of benzene rings is 1. The molecule has 1 aliphatic rings. The van der Waals surface area contributed by atoms with Crippen LogP contribution >= 0.6 is 0 Å². The number of hydrogen-bond donors (Lipinski definition) is 2. The molecule has 0 radical (unpaired) electrons. The lowest BCUT2D eigenvalue weighted by molar-refractivity contribution is -0.126. The molecule has 1 aromatic carbocycles. The maximum Gasteiger partial charge on any atom is 0.270 e. The van der Waals surface area contributed by atoms with Crippen LogP contribution in [0.25, 0.3) is 11.4 Å². The molecule has 0 aliphatic heterocycles. The minimum absolute atomic E-state index is 0.0891. The zero-order valence-corrected chi connectivity index (χ0v) is 21.9. The fraction of sp³-hybridized carbons (Fsp3) is 0.481. The maximum atomic E-state index is 12.8. The van der Waals surface area contributed by atoms with Crippen molar-refractivity contribution in [3.8, 4) is 17.1 Å². The summed E-state index contributed by atoms with van der Waals surface area (Å²) in [6.07, 6.45) is 3.67. The Hall–Kier alpha value is -3.82. The van der Waals surface area contributed by atoms with Crippen molar-refractivity contribution < 1.29 is 14.3 Å². The largest absolute Gasteiger partial charge is 0.497 e. The van der Waals surface area contributed by atoms with E-state index in [-0.39, 0.29) is 23.8 Å². The van der Waals surface area contributed by atoms with E-state index in [1.807, 2.05) is 51.1 Å². The molecule has 0 atom stereocenters. The van der Waals surface area contributed by atoms with Gasteiger partial charge in [-0.25, -0.2) is 4.98 Å². The van der Waals surface area contributed by atoms with E-state index < -0.39 is 0 Å². The SMILES string of the molecule is COc1cccc(CNC(=O)c2cc(-c3nnn(CC4CCC(C(=O)NC(C)C)CC4)n3)cc(C)n2)c1. The monoisotopic (exact) mass is 505 g/mol. The first-order chi connectivity index (χ1) is 17.8. The lowest BCUT2D eigenvalue weighted by atomic mass is 9.81. The van der Waals surface area contributed by atoms with E-state index in [2.05, 4.69) is 31.0 Å². The number of ether oxygens (including phenoxy) is 1. The van der Waals surface area contributed by atoms with Gasteiger partial charge >= 0.3 is 0 Å². The molecule has 0 bridgehead atoms. The molecule has 2 heterocycles. The smallest absolute Gasteiger partial charge is 0.270 e. The van der Waals surface area contributed by atoms with Gasteiger partial charge in [0.1, 0.15) is 11.4 Å². The third-order valence-electron chi connectivity index (χ3n) is 6.55. The molecule has 0 saturated heterocycles. The molecular formula is C27H35N7O3. The van der Waals surface area contributed by atoms with E-state index in [1.165, 1.54) is 0 Å². The Labute approximate surface area is 217 Å². The summed E-state index contributed by atoms with van der Waals surface area (Å²) in [4.78, 5) is 31.1. The molecule has 2 aromatic heterocycles. The molecule has 0 spiro atoms. The zero-order chi connectivity index (χ0) is 26.4. The van der Waals surface area contributed by atoms with Gasteiger partial charge in [0.2, 0.25) is 11.7 Å². The van der Waals surface area contributed by atoms with Gasteiger partial charge in [-0.2, -0.15) is 4.80 Å². The van der Waals surface area contributed by atoms with Gasteiger partial charge in [-0.05, 0) is 87.4 Å². The molecule has 10 nitrogen and oxygen atoms in total. The van der Waals surface area contributed by atoms with Crippen LogP contribution in [-0.2, 0) is 17.9 Å². The lowest BCUT2D eigenvalue weighted by Gasteiger charge is -2.27. The van der Waals surface area contributed by atoms with Crippen LogP contribution < -0.4 is 15.4 Å². The first kappa shape index (κ1) is 26.2. The summed E-state index contributed by atoms with van der Waals surface area (Å²) in [6.45, 7) is 6.82. The van der Waals surface area contributed by atoms with Crippen molar-refractivity contribution in [1.82, 2.24) is 35.8 Å². The quantitative estimate of drug-likeness (QED) is 0.457. The standard InChI is InChI=1S/C27H35N7O3/c1-17(2)29-26(35)21-10-8-19(9-11-21)16-34-32-25(31-33-34)22-12-18(3)30-24(14-22)27(36)28-15-20-6-5-7-23(13-20)37-4/h5-7,12-14,17,19,21H,8-11,15-16H2,1-4H3,(H,28,36)(H,29,35). The Morgan fingerprint density at radius 3 is 2.65 bits per heavy atom. The van der Waals surface area contributed by atoms with Crippen LogP contribution in [0.1, 0.15) is 61.3 Å². The van der Waals surface area contributed by atoms with Gasteiger partial charge < -0.3 is 15.4 Å². The second kappa shape index (κ2) is 11.9. The minimum Gasteiger partial charge on any atom is -0.497 e. The molecule has 37 heavy (non-hydrogen) atoms. The van der Waals surface area contributed by atoms with Crippen LogP contribution in [0, 0.1) is 18.8 Å². The summed E-state index contributed by atoms with van der Waals surface area (Å²) in [5.41, 5.74) is 2.62. The normalized spacial score (nSPS) is 17.4. The number of tetrazole rings is 1. The van der Waals surface area contributed by atoms with Crippen molar-refractivity contribution in [3.63, 3.8) is 0 Å². The van der Waals surface area contributed by atoms with Gasteiger partial charge in [0, 0.05) is 29.8 Å². The highest BCUT2D eigenvalue weighted by Crippen LogP contribution is 2.30. The predicted octanol–water partition coefficient (Wildman–Crippen LogP) is 3.31. The van der Waals surface area contributed by atoms with Crippen LogP contribution in [0.5, 0.6) is 5.75 Å². The van der Waals surface area contributed by atoms with Crippen LogP contribution in [0.2, 0.25) is 0 Å². The molecule has 3 aromatic rings. The van der Waals surface area contributed by atoms with Crippen molar-refractivity contribution in [2.45, 2.75) is 65.6 Å². The molecular weight excluding hydrogens is 470 g/mol. The van der Waals surface area contributed by atoms with E-state index in [0.717, 1.165) is 37.0 Å². The molecule has 4 rings (SSSR count). The number of carbonyl (C=O) groups excluding carboxylic acids is 2. The summed E-state index contributed by atoms with van der Waals surface area (Å²) in [5.74, 6) is 1.57. The first-order valence-electron chi connectivity index (χ1n) is 12.8. The summed E-state index contributed by atoms with van der Waals surface area (Å²) in [5, 5.41) is 19.0. The number of rotatable bonds is 9. The number of nitrogens with zero attached hydrogens (tertiary/aromatic N) is 5. The van der Waals surface area contributed by atoms with Crippen molar-refractivity contribution in [3.05, 3.63) is 53.3 Å². The summed E-state index contributed by atoms with van der Waals surface area (Å²) in [6, 6.07) is 11.2. The number of amides is 2. The van der Waals surface area contributed by atoms with Crippen LogP contribution in [0.4, 0.5) is 0 Å². The lowest BCUT2D eigenvalue weighted by Crippen LogP contribution is -2.37. The highest BCUT2D eigenvalue weighted by Gasteiger charge is 2.27. The number of carbonyl (C=O) groups is 2.